The van der Waals surface area contributed by atoms with Crippen LogP contribution in [0.4, 0.5) is 0 Å². The van der Waals surface area contributed by atoms with E-state index < -0.39 is 0 Å². The van der Waals surface area contributed by atoms with E-state index in [1.165, 1.54) is 11.1 Å². The van der Waals surface area contributed by atoms with Gasteiger partial charge < -0.3 is 5.41 Å². The summed E-state index contributed by atoms with van der Waals surface area (Å²) in [6.07, 6.45) is 3.39. The average Bonchev–Trinajstić information content (AvgIpc) is 2.05. The molecule has 0 aromatic heterocycles. The van der Waals surface area contributed by atoms with E-state index in [0.29, 0.717) is 0 Å². The molecule has 0 saturated heterocycles. The molecular weight excluding hydrogens is 142 g/mol. The van der Waals surface area contributed by atoms with Gasteiger partial charge in [-0.3, -0.25) is 0 Å². The molecule has 0 saturated carbocycles. The smallest absolute Gasteiger partial charge is 0.0250 e. The Kier molecular flexibility index (Phi) is 2.51. The van der Waals surface area contributed by atoms with E-state index in [9.17, 15) is 0 Å². The lowest BCUT2D eigenvalue weighted by molar-refractivity contribution is 1.44. The summed E-state index contributed by atoms with van der Waals surface area (Å²) in [6, 6.07) is 7.92. The van der Waals surface area contributed by atoms with Gasteiger partial charge in [-0.2, -0.15) is 0 Å². The molecular formula is C8H9NS. The van der Waals surface area contributed by atoms with Crippen molar-refractivity contribution in [1.82, 2.24) is 0 Å². The van der Waals surface area contributed by atoms with Crippen molar-refractivity contribution < 1.29 is 0 Å². The number of hydrogen-bond donors (Lipinski definition) is 1. The van der Waals surface area contributed by atoms with Crippen molar-refractivity contribution in [1.29, 1.82) is 5.41 Å². The first kappa shape index (κ1) is 7.35. The number of nitrogens with one attached hydrogen (secondary N) is 1. The third-order valence-electron chi connectivity index (χ3n) is 1.28. The first-order valence-electron chi connectivity index (χ1n) is 3.01. The van der Waals surface area contributed by atoms with Gasteiger partial charge in [0.25, 0.3) is 0 Å². The summed E-state index contributed by atoms with van der Waals surface area (Å²) in [4.78, 5) is 1.24. The average molecular weight is 151 g/mol. The normalized spacial score (nSPS) is 9.30. The molecule has 0 heterocycles. The summed E-state index contributed by atoms with van der Waals surface area (Å²) in [6.45, 7) is 0. The van der Waals surface area contributed by atoms with Crippen LogP contribution < -0.4 is 0 Å². The molecule has 1 nitrogen and oxygen atoms in total. The molecule has 1 N–H and O–H groups in total. The maximum atomic E-state index is 6.94. The third-order valence-corrected chi connectivity index (χ3v) is 2.03. The van der Waals surface area contributed by atoms with Crippen LogP contribution in [-0.4, -0.2) is 12.5 Å². The SMILES string of the molecule is CSc1ccc(C=N)cc1. The summed E-state index contributed by atoms with van der Waals surface area (Å²) >= 11 is 1.71. The second-order valence-electron chi connectivity index (χ2n) is 1.92. The number of rotatable bonds is 2. The standard InChI is InChI=1S/C8H9NS/c1-10-8-4-2-7(6-9)3-5-8/h2-6,9H,1H3. The molecule has 0 radical (unpaired) electrons. The van der Waals surface area contributed by atoms with Gasteiger partial charge >= 0.3 is 0 Å². The van der Waals surface area contributed by atoms with Crippen molar-refractivity contribution in [2.45, 2.75) is 4.90 Å². The second-order valence-corrected chi connectivity index (χ2v) is 2.80. The number of hydrogen-bond acceptors (Lipinski definition) is 2. The third kappa shape index (κ3) is 1.61. The Labute approximate surface area is 65.0 Å². The van der Waals surface area contributed by atoms with E-state index >= 15 is 0 Å². The van der Waals surface area contributed by atoms with Crippen LogP contribution in [0.15, 0.2) is 29.2 Å². The molecule has 0 spiro atoms. The van der Waals surface area contributed by atoms with Crippen LogP contribution in [0.25, 0.3) is 0 Å². The number of thioether (sulfide) groups is 1. The van der Waals surface area contributed by atoms with E-state index in [-0.39, 0.29) is 0 Å². The zero-order valence-corrected chi connectivity index (χ0v) is 6.61. The maximum absolute atomic E-state index is 6.94. The molecule has 0 bridgehead atoms. The van der Waals surface area contributed by atoms with Crippen LogP contribution in [0.3, 0.4) is 0 Å². The molecule has 0 aliphatic carbocycles. The minimum absolute atomic E-state index is 0.956. The molecule has 2 heteroatoms. The van der Waals surface area contributed by atoms with E-state index in [2.05, 4.69) is 0 Å². The first-order chi connectivity index (χ1) is 4.86. The first-order valence-corrected chi connectivity index (χ1v) is 4.24. The summed E-state index contributed by atoms with van der Waals surface area (Å²) in [7, 11) is 0. The molecule has 10 heavy (non-hydrogen) atoms. The number of benzene rings is 1. The van der Waals surface area contributed by atoms with Gasteiger partial charge in [0.15, 0.2) is 0 Å². The Morgan fingerprint density at radius 1 is 1.30 bits per heavy atom. The largest absolute Gasteiger partial charge is 0.308 e. The zero-order chi connectivity index (χ0) is 7.40. The zero-order valence-electron chi connectivity index (χ0n) is 5.79. The van der Waals surface area contributed by atoms with Gasteiger partial charge in [-0.15, -0.1) is 11.8 Å². The molecule has 0 fully saturated rings. The molecule has 0 amide bonds. The lowest BCUT2D eigenvalue weighted by Crippen LogP contribution is -1.76. The highest BCUT2D eigenvalue weighted by atomic mass is 32.2. The van der Waals surface area contributed by atoms with Crippen LogP contribution in [0.5, 0.6) is 0 Å². The van der Waals surface area contributed by atoms with Crippen molar-refractivity contribution in [3.8, 4) is 0 Å². The van der Waals surface area contributed by atoms with Gasteiger partial charge in [0, 0.05) is 11.1 Å². The fourth-order valence-electron chi connectivity index (χ4n) is 0.700. The van der Waals surface area contributed by atoms with Crippen LogP contribution >= 0.6 is 11.8 Å². The Hall–Kier alpha value is -0.760. The van der Waals surface area contributed by atoms with E-state index in [1.807, 2.05) is 30.5 Å². The molecule has 0 aliphatic rings. The van der Waals surface area contributed by atoms with Gasteiger partial charge in [0.05, 0.1) is 0 Å². The van der Waals surface area contributed by atoms with Crippen molar-refractivity contribution in [2.24, 2.45) is 0 Å². The minimum atomic E-state index is 0.956. The topological polar surface area (TPSA) is 23.9 Å². The molecule has 0 atom stereocenters. The van der Waals surface area contributed by atoms with Gasteiger partial charge in [0.2, 0.25) is 0 Å². The van der Waals surface area contributed by atoms with Gasteiger partial charge in [-0.05, 0) is 24.0 Å². The van der Waals surface area contributed by atoms with E-state index in [0.717, 1.165) is 5.56 Å². The molecule has 1 aromatic rings. The lowest BCUT2D eigenvalue weighted by Gasteiger charge is -1.94. The highest BCUT2D eigenvalue weighted by Gasteiger charge is 1.87. The molecule has 0 unspecified atom stereocenters. The van der Waals surface area contributed by atoms with Crippen LogP contribution in [-0.2, 0) is 0 Å². The summed E-state index contributed by atoms with van der Waals surface area (Å²) in [5.74, 6) is 0. The Balaban J connectivity index is 2.90. The van der Waals surface area contributed by atoms with Gasteiger partial charge in [-0.25, -0.2) is 0 Å². The Morgan fingerprint density at radius 3 is 2.30 bits per heavy atom. The monoisotopic (exact) mass is 151 g/mol. The molecule has 0 aliphatic heterocycles. The predicted octanol–water partition coefficient (Wildman–Crippen LogP) is 2.41. The fourth-order valence-corrected chi connectivity index (χ4v) is 1.11. The summed E-state index contributed by atoms with van der Waals surface area (Å²) < 4.78 is 0. The van der Waals surface area contributed by atoms with Crippen molar-refractivity contribution in [2.75, 3.05) is 6.26 Å². The molecule has 52 valence electrons. The molecule has 1 rings (SSSR count). The predicted molar refractivity (Wildman–Crippen MR) is 46.1 cm³/mol. The molecule has 1 aromatic carbocycles. The Morgan fingerprint density at radius 2 is 1.90 bits per heavy atom. The maximum Gasteiger partial charge on any atom is 0.0250 e. The van der Waals surface area contributed by atoms with Crippen molar-refractivity contribution in [3.63, 3.8) is 0 Å². The van der Waals surface area contributed by atoms with Gasteiger partial charge in [-0.1, -0.05) is 12.1 Å². The van der Waals surface area contributed by atoms with Crippen molar-refractivity contribution >= 4 is 18.0 Å². The van der Waals surface area contributed by atoms with Crippen LogP contribution in [0, 0.1) is 5.41 Å². The quantitative estimate of drug-likeness (QED) is 0.509. The minimum Gasteiger partial charge on any atom is -0.308 e. The van der Waals surface area contributed by atoms with Gasteiger partial charge in [0.1, 0.15) is 0 Å². The van der Waals surface area contributed by atoms with E-state index in [4.69, 9.17) is 5.41 Å². The summed E-state index contributed by atoms with van der Waals surface area (Å²) in [5, 5.41) is 6.94. The lowest BCUT2D eigenvalue weighted by atomic mass is 10.2. The van der Waals surface area contributed by atoms with Crippen molar-refractivity contribution in [3.05, 3.63) is 29.8 Å². The van der Waals surface area contributed by atoms with Crippen LogP contribution in [0.2, 0.25) is 0 Å². The second kappa shape index (κ2) is 3.42. The summed E-state index contributed by atoms with van der Waals surface area (Å²) in [5.41, 5.74) is 0.956. The van der Waals surface area contributed by atoms with Crippen LogP contribution in [0.1, 0.15) is 5.56 Å². The highest BCUT2D eigenvalue weighted by Crippen LogP contribution is 2.13. The Bertz CT molecular complexity index is 215. The fraction of sp³-hybridized carbons (Fsp3) is 0.125. The highest BCUT2D eigenvalue weighted by molar-refractivity contribution is 7.98. The van der Waals surface area contributed by atoms with E-state index in [1.54, 1.807) is 11.8 Å².